The number of carbonyl (C=O) groups is 1. The van der Waals surface area contributed by atoms with Crippen LogP contribution in [0.4, 0.5) is 42.5 Å². The number of nitrogens with two attached hydrogens (primary N) is 1. The van der Waals surface area contributed by atoms with E-state index >= 15 is 0 Å². The van der Waals surface area contributed by atoms with Gasteiger partial charge in [-0.3, -0.25) is 4.40 Å². The van der Waals surface area contributed by atoms with Gasteiger partial charge in [-0.1, -0.05) is 0 Å². The minimum atomic E-state index is -4.69. The zero-order valence-electron chi connectivity index (χ0n) is 17.4. The Morgan fingerprint density at radius 2 is 1.77 bits per heavy atom. The van der Waals surface area contributed by atoms with E-state index in [-0.39, 0.29) is 17.1 Å². The maximum Gasteiger partial charge on any atom is 0.451 e. The van der Waals surface area contributed by atoms with Crippen molar-refractivity contribution in [3.05, 3.63) is 60.8 Å². The topological polar surface area (TPSA) is 110 Å². The Labute approximate surface area is 192 Å². The number of hydrogen-bond donors (Lipinski definition) is 3. The first-order valence-electron chi connectivity index (χ1n) is 9.79. The molecule has 0 bridgehead atoms. The summed E-state index contributed by atoms with van der Waals surface area (Å²) in [4.78, 5) is 22.8. The highest BCUT2D eigenvalue weighted by Gasteiger charge is 2.34. The molecule has 3 heterocycles. The molecule has 3 aromatic heterocycles. The molecule has 0 aliphatic heterocycles. The number of hydrogen-bond acceptors (Lipinski definition) is 5. The third-order valence-electron chi connectivity index (χ3n) is 4.68. The average molecular weight is 495 g/mol. The molecule has 4 N–H and O–H groups in total. The van der Waals surface area contributed by atoms with E-state index in [9.17, 15) is 31.1 Å². The number of halogens is 6. The van der Waals surface area contributed by atoms with Crippen LogP contribution in [0, 0.1) is 0 Å². The van der Waals surface area contributed by atoms with Crippen molar-refractivity contribution in [1.82, 2.24) is 24.7 Å². The minimum Gasteiger partial charge on any atom is -0.399 e. The van der Waals surface area contributed by atoms with Crippen LogP contribution in [-0.4, -0.2) is 38.1 Å². The number of urea groups is 1. The Morgan fingerprint density at radius 3 is 2.49 bits per heavy atom. The van der Waals surface area contributed by atoms with Gasteiger partial charge in [-0.2, -0.15) is 26.3 Å². The molecule has 0 atom stereocenters. The number of nitrogens with zero attached hydrogens (tertiary/aromatic N) is 4. The first-order chi connectivity index (χ1) is 16.4. The van der Waals surface area contributed by atoms with E-state index in [2.05, 4.69) is 20.3 Å². The predicted molar refractivity (Wildman–Crippen MR) is 114 cm³/mol. The van der Waals surface area contributed by atoms with Crippen LogP contribution in [0.15, 0.2) is 55.0 Å². The fourth-order valence-corrected chi connectivity index (χ4v) is 3.24. The Hall–Kier alpha value is -4.36. The maximum absolute atomic E-state index is 12.9. The summed E-state index contributed by atoms with van der Waals surface area (Å²) in [6.45, 7) is -1.50. The summed E-state index contributed by atoms with van der Waals surface area (Å²) in [7, 11) is 0. The second-order valence-electron chi connectivity index (χ2n) is 7.32. The Kier molecular flexibility index (Phi) is 5.96. The molecule has 0 radical (unpaired) electrons. The summed E-state index contributed by atoms with van der Waals surface area (Å²) in [6.07, 6.45) is -5.20. The molecule has 0 aliphatic carbocycles. The third kappa shape index (κ3) is 5.59. The number of carbonyl (C=O) groups excluding carboxylic acids is 1. The SMILES string of the molecule is Nc1cc(NC(=O)NCC(F)(F)F)cc(-c2cnc3cc(-c4ccnc(C(F)(F)F)n4)ccn23)c1. The first kappa shape index (κ1) is 23.8. The highest BCUT2D eigenvalue weighted by atomic mass is 19.4. The smallest absolute Gasteiger partial charge is 0.399 e. The molecule has 182 valence electrons. The van der Waals surface area contributed by atoms with Gasteiger partial charge < -0.3 is 16.4 Å². The van der Waals surface area contributed by atoms with E-state index in [1.54, 1.807) is 22.0 Å². The quantitative estimate of drug-likeness (QED) is 0.280. The summed E-state index contributed by atoms with van der Waals surface area (Å²) in [5, 5.41) is 3.98. The van der Waals surface area contributed by atoms with Crippen molar-refractivity contribution in [2.45, 2.75) is 12.4 Å². The molecule has 14 heteroatoms. The van der Waals surface area contributed by atoms with Gasteiger partial charge in [0.1, 0.15) is 12.2 Å². The maximum atomic E-state index is 12.9. The van der Waals surface area contributed by atoms with Crippen LogP contribution < -0.4 is 16.4 Å². The molecular weight excluding hydrogens is 480 g/mol. The van der Waals surface area contributed by atoms with E-state index in [4.69, 9.17) is 5.73 Å². The van der Waals surface area contributed by atoms with Crippen LogP contribution in [0.5, 0.6) is 0 Å². The van der Waals surface area contributed by atoms with E-state index in [1.165, 1.54) is 36.5 Å². The van der Waals surface area contributed by atoms with Gasteiger partial charge in [0.2, 0.25) is 5.82 Å². The number of anilines is 2. The molecule has 0 unspecified atom stereocenters. The number of pyridine rings is 1. The van der Waals surface area contributed by atoms with Gasteiger partial charge in [0.25, 0.3) is 0 Å². The van der Waals surface area contributed by atoms with E-state index < -0.39 is 30.8 Å². The Morgan fingerprint density at radius 1 is 1.00 bits per heavy atom. The van der Waals surface area contributed by atoms with Crippen molar-refractivity contribution in [3.8, 4) is 22.5 Å². The molecule has 0 aliphatic rings. The predicted octanol–water partition coefficient (Wildman–Crippen LogP) is 4.74. The van der Waals surface area contributed by atoms with Gasteiger partial charge in [0, 0.05) is 34.9 Å². The molecule has 4 aromatic rings. The van der Waals surface area contributed by atoms with Crippen molar-refractivity contribution < 1.29 is 31.1 Å². The fourth-order valence-electron chi connectivity index (χ4n) is 3.24. The number of fused-ring (bicyclic) bond motifs is 1. The molecule has 8 nitrogen and oxygen atoms in total. The van der Waals surface area contributed by atoms with Gasteiger partial charge in [0.15, 0.2) is 0 Å². The zero-order chi connectivity index (χ0) is 25.4. The Bertz CT molecular complexity index is 1400. The molecule has 0 saturated heterocycles. The number of benzene rings is 1. The van der Waals surface area contributed by atoms with Crippen molar-refractivity contribution in [2.24, 2.45) is 0 Å². The number of amides is 2. The lowest BCUT2D eigenvalue weighted by Gasteiger charge is -2.12. The van der Waals surface area contributed by atoms with E-state index in [1.807, 2.05) is 0 Å². The monoisotopic (exact) mass is 495 g/mol. The molecule has 0 fully saturated rings. The van der Waals surface area contributed by atoms with Crippen LogP contribution in [-0.2, 0) is 6.18 Å². The number of rotatable bonds is 4. The Balaban J connectivity index is 1.62. The summed E-state index contributed by atoms with van der Waals surface area (Å²) in [5.74, 6) is -1.27. The van der Waals surface area contributed by atoms with Crippen LogP contribution in [0.25, 0.3) is 28.2 Å². The molecule has 2 amide bonds. The fraction of sp³-hybridized carbons (Fsp3) is 0.143. The lowest BCUT2D eigenvalue weighted by atomic mass is 10.1. The van der Waals surface area contributed by atoms with Gasteiger partial charge >= 0.3 is 18.4 Å². The van der Waals surface area contributed by atoms with Crippen molar-refractivity contribution in [2.75, 3.05) is 17.6 Å². The van der Waals surface area contributed by atoms with Crippen LogP contribution in [0.2, 0.25) is 0 Å². The minimum absolute atomic E-state index is 0.0553. The molecule has 0 spiro atoms. The van der Waals surface area contributed by atoms with Crippen LogP contribution in [0.3, 0.4) is 0 Å². The van der Waals surface area contributed by atoms with Crippen molar-refractivity contribution in [3.63, 3.8) is 0 Å². The second kappa shape index (κ2) is 8.77. The zero-order valence-corrected chi connectivity index (χ0v) is 17.4. The lowest BCUT2D eigenvalue weighted by molar-refractivity contribution is -0.144. The number of imidazole rings is 1. The van der Waals surface area contributed by atoms with E-state index in [0.29, 0.717) is 22.5 Å². The number of nitrogen functional groups attached to an aromatic ring is 1. The van der Waals surface area contributed by atoms with Crippen LogP contribution in [0.1, 0.15) is 5.82 Å². The third-order valence-corrected chi connectivity index (χ3v) is 4.68. The molecular formula is C21H15F6N7O. The molecule has 4 rings (SSSR count). The number of aromatic nitrogens is 4. The normalized spacial score (nSPS) is 12.1. The van der Waals surface area contributed by atoms with Crippen molar-refractivity contribution in [1.29, 1.82) is 0 Å². The summed E-state index contributed by atoms with van der Waals surface area (Å²) in [6, 6.07) is 7.76. The van der Waals surface area contributed by atoms with Gasteiger partial charge in [-0.15, -0.1) is 0 Å². The molecule has 0 saturated carbocycles. The van der Waals surface area contributed by atoms with Gasteiger partial charge in [0.05, 0.1) is 17.6 Å². The first-order valence-corrected chi connectivity index (χ1v) is 9.79. The second-order valence-corrected chi connectivity index (χ2v) is 7.32. The van der Waals surface area contributed by atoms with Gasteiger partial charge in [-0.25, -0.2) is 19.7 Å². The largest absolute Gasteiger partial charge is 0.451 e. The van der Waals surface area contributed by atoms with Gasteiger partial charge in [-0.05, 0) is 36.4 Å². The summed E-state index contributed by atoms with van der Waals surface area (Å²) >= 11 is 0. The highest BCUT2D eigenvalue weighted by molar-refractivity contribution is 5.91. The summed E-state index contributed by atoms with van der Waals surface area (Å²) in [5.41, 5.74) is 8.06. The lowest BCUT2D eigenvalue weighted by Crippen LogP contribution is -2.36. The number of alkyl halides is 6. The van der Waals surface area contributed by atoms with Crippen LogP contribution >= 0.6 is 0 Å². The molecule has 1 aromatic carbocycles. The highest BCUT2D eigenvalue weighted by Crippen LogP contribution is 2.30. The standard InChI is InChI=1S/C21H15F6N7O/c22-20(23,24)10-31-19(35)32-14-6-12(5-13(28)8-14)16-9-30-17-7-11(2-4-34(16)17)15-1-3-29-18(33-15)21(25,26)27/h1-9H,10,28H2,(H2,31,32,35). The summed E-state index contributed by atoms with van der Waals surface area (Å²) < 4.78 is 77.3. The van der Waals surface area contributed by atoms with E-state index in [0.717, 1.165) is 6.20 Å². The van der Waals surface area contributed by atoms with Crippen molar-refractivity contribution >= 4 is 23.1 Å². The average Bonchev–Trinajstić information content (AvgIpc) is 3.20. The molecule has 35 heavy (non-hydrogen) atoms. The number of nitrogens with one attached hydrogen (secondary N) is 2.